The van der Waals surface area contributed by atoms with Crippen LogP contribution in [0.4, 0.5) is 0 Å². The third-order valence-corrected chi connectivity index (χ3v) is 5.54. The summed E-state index contributed by atoms with van der Waals surface area (Å²) in [5.41, 5.74) is 0. The molecule has 0 aliphatic carbocycles. The minimum absolute atomic E-state index is 0. The molecular formula is C19H40ClO2P. The van der Waals surface area contributed by atoms with Crippen molar-refractivity contribution >= 4 is 27.6 Å². The largest absolute Gasteiger partial charge is 0.465 e. The molecule has 0 heterocycles. The fourth-order valence-corrected chi connectivity index (χ4v) is 3.66. The second kappa shape index (κ2) is 15.7. The second-order valence-electron chi connectivity index (χ2n) is 6.66. The molecular weight excluding hydrogens is 327 g/mol. The highest BCUT2D eigenvalue weighted by molar-refractivity contribution is 7.19. The summed E-state index contributed by atoms with van der Waals surface area (Å²) in [5, 5.41) is 0.0322. The Morgan fingerprint density at radius 2 is 1.39 bits per heavy atom. The quantitative estimate of drug-likeness (QED) is 0.198. The number of hydrogen-bond donors (Lipinski definition) is 0. The van der Waals surface area contributed by atoms with Crippen LogP contribution in [0, 0.1) is 5.92 Å². The van der Waals surface area contributed by atoms with E-state index in [4.69, 9.17) is 4.74 Å². The molecule has 0 N–H and O–H groups in total. The normalized spacial score (nSPS) is 12.6. The van der Waals surface area contributed by atoms with Gasteiger partial charge in [0.05, 0.1) is 12.5 Å². The molecule has 0 amide bonds. The Morgan fingerprint density at radius 3 is 1.83 bits per heavy atom. The summed E-state index contributed by atoms with van der Waals surface area (Å²) in [4.78, 5) is 12.7. The van der Waals surface area contributed by atoms with Gasteiger partial charge in [0, 0.05) is 0 Å². The minimum atomic E-state index is 0. The van der Waals surface area contributed by atoms with Gasteiger partial charge in [-0.3, -0.25) is 4.79 Å². The van der Waals surface area contributed by atoms with Gasteiger partial charge in [0.25, 0.3) is 0 Å². The highest BCUT2D eigenvalue weighted by atomic mass is 35.5. The van der Waals surface area contributed by atoms with Crippen LogP contribution in [0.2, 0.25) is 0 Å². The molecule has 0 aromatic carbocycles. The Balaban J connectivity index is 0. The first-order valence-corrected chi connectivity index (χ1v) is 10.1. The molecule has 0 aromatic rings. The van der Waals surface area contributed by atoms with Crippen LogP contribution in [0.3, 0.4) is 0 Å². The molecule has 2 atom stereocenters. The zero-order valence-corrected chi connectivity index (χ0v) is 17.8. The molecule has 0 spiro atoms. The first-order chi connectivity index (χ1) is 10.6. The topological polar surface area (TPSA) is 26.3 Å². The lowest BCUT2D eigenvalue weighted by Gasteiger charge is -2.36. The Hall–Kier alpha value is 0.190. The van der Waals surface area contributed by atoms with Crippen LogP contribution in [0.25, 0.3) is 0 Å². The number of ether oxygens (including phenoxy) is 1. The summed E-state index contributed by atoms with van der Waals surface area (Å²) in [6.45, 7) is 9.37. The number of hydrogen-bond acceptors (Lipinski definition) is 2. The molecule has 0 bridgehead atoms. The molecule has 0 rings (SSSR count). The monoisotopic (exact) mass is 366 g/mol. The van der Waals surface area contributed by atoms with Gasteiger partial charge in [-0.05, 0) is 30.8 Å². The van der Waals surface area contributed by atoms with Crippen LogP contribution in [-0.2, 0) is 9.53 Å². The molecule has 2 nitrogen and oxygen atoms in total. The van der Waals surface area contributed by atoms with Crippen molar-refractivity contribution in [3.05, 3.63) is 0 Å². The van der Waals surface area contributed by atoms with E-state index in [0.29, 0.717) is 6.61 Å². The highest BCUT2D eigenvalue weighted by Crippen LogP contribution is 2.41. The van der Waals surface area contributed by atoms with E-state index in [1.807, 2.05) is 0 Å². The van der Waals surface area contributed by atoms with E-state index >= 15 is 0 Å². The van der Waals surface area contributed by atoms with Crippen molar-refractivity contribution in [2.75, 3.05) is 6.61 Å². The fourth-order valence-electron chi connectivity index (χ4n) is 2.95. The third-order valence-electron chi connectivity index (χ3n) is 4.56. The number of esters is 1. The van der Waals surface area contributed by atoms with Gasteiger partial charge >= 0.3 is 5.97 Å². The van der Waals surface area contributed by atoms with Gasteiger partial charge in [0.15, 0.2) is 0 Å². The summed E-state index contributed by atoms with van der Waals surface area (Å²) < 4.78 is 5.60. The Bertz CT molecular complexity index is 277. The molecule has 0 saturated heterocycles. The van der Waals surface area contributed by atoms with E-state index in [1.54, 1.807) is 0 Å². The average Bonchev–Trinajstić information content (AvgIpc) is 2.51. The number of carbonyl (C=O) groups is 1. The van der Waals surface area contributed by atoms with Crippen LogP contribution < -0.4 is 0 Å². The van der Waals surface area contributed by atoms with Gasteiger partial charge < -0.3 is 4.74 Å². The lowest BCUT2D eigenvalue weighted by atomic mass is 9.80. The maximum Gasteiger partial charge on any atom is 0.309 e. The van der Waals surface area contributed by atoms with E-state index in [9.17, 15) is 4.79 Å². The van der Waals surface area contributed by atoms with Gasteiger partial charge in [-0.15, -0.1) is 21.6 Å². The van der Waals surface area contributed by atoms with E-state index in [2.05, 4.69) is 36.9 Å². The zero-order chi connectivity index (χ0) is 16.8. The first kappa shape index (κ1) is 25.4. The number of halogens is 1. The van der Waals surface area contributed by atoms with Crippen LogP contribution >= 0.6 is 21.6 Å². The summed E-state index contributed by atoms with van der Waals surface area (Å²) in [6.07, 6.45) is 12.3. The number of rotatable bonds is 14. The minimum Gasteiger partial charge on any atom is -0.465 e. The van der Waals surface area contributed by atoms with Crippen molar-refractivity contribution in [1.29, 1.82) is 0 Å². The Labute approximate surface area is 153 Å². The lowest BCUT2D eigenvalue weighted by molar-refractivity contribution is -0.150. The predicted octanol–water partition coefficient (Wildman–Crippen LogP) is 6.55. The van der Waals surface area contributed by atoms with Gasteiger partial charge in [0.2, 0.25) is 0 Å². The SMILES string of the molecule is CCCCOC(=O)C(CCCC)C(P)(CCCC)CCCC.Cl. The molecule has 0 aliphatic rings. The van der Waals surface area contributed by atoms with E-state index in [0.717, 1.165) is 44.9 Å². The van der Waals surface area contributed by atoms with Crippen molar-refractivity contribution in [1.82, 2.24) is 0 Å². The van der Waals surface area contributed by atoms with Crippen LogP contribution in [0.15, 0.2) is 0 Å². The van der Waals surface area contributed by atoms with Crippen molar-refractivity contribution in [3.8, 4) is 0 Å². The molecule has 0 aromatic heterocycles. The highest BCUT2D eigenvalue weighted by Gasteiger charge is 2.38. The lowest BCUT2D eigenvalue weighted by Crippen LogP contribution is -2.38. The van der Waals surface area contributed by atoms with E-state index in [1.165, 1.54) is 25.7 Å². The molecule has 140 valence electrons. The van der Waals surface area contributed by atoms with Crippen LogP contribution in [0.1, 0.15) is 98.3 Å². The fraction of sp³-hybridized carbons (Fsp3) is 0.947. The maximum atomic E-state index is 12.7. The van der Waals surface area contributed by atoms with Crippen LogP contribution in [0.5, 0.6) is 0 Å². The number of carbonyl (C=O) groups excluding carboxylic acids is 1. The van der Waals surface area contributed by atoms with Crippen molar-refractivity contribution < 1.29 is 9.53 Å². The van der Waals surface area contributed by atoms with E-state index < -0.39 is 0 Å². The Morgan fingerprint density at radius 1 is 0.913 bits per heavy atom. The van der Waals surface area contributed by atoms with Crippen LogP contribution in [-0.4, -0.2) is 17.7 Å². The van der Waals surface area contributed by atoms with E-state index in [-0.39, 0.29) is 29.5 Å². The molecule has 2 unspecified atom stereocenters. The predicted molar refractivity (Wildman–Crippen MR) is 108 cm³/mol. The van der Waals surface area contributed by atoms with Crippen molar-refractivity contribution in [3.63, 3.8) is 0 Å². The molecule has 4 heteroatoms. The third kappa shape index (κ3) is 10.6. The standard InChI is InChI=1S/C19H39O2P.ClH/c1-5-9-13-17(18(20)21-16-12-8-4)19(22,14-10-6-2)15-11-7-3;/h17H,5-16,22H2,1-4H3;1H. The zero-order valence-electron chi connectivity index (χ0n) is 15.9. The average molecular weight is 367 g/mol. The first-order valence-electron chi connectivity index (χ1n) is 9.51. The Kier molecular flexibility index (Phi) is 17.4. The maximum absolute atomic E-state index is 12.7. The van der Waals surface area contributed by atoms with Gasteiger partial charge in [0.1, 0.15) is 0 Å². The molecule has 0 fully saturated rings. The smallest absolute Gasteiger partial charge is 0.309 e. The summed E-state index contributed by atoms with van der Waals surface area (Å²) >= 11 is 0. The molecule has 23 heavy (non-hydrogen) atoms. The molecule has 0 aliphatic heterocycles. The van der Waals surface area contributed by atoms with Gasteiger partial charge in [-0.2, -0.15) is 0 Å². The summed E-state index contributed by atoms with van der Waals surface area (Å²) in [6, 6.07) is 0. The van der Waals surface area contributed by atoms with Gasteiger partial charge in [-0.1, -0.05) is 72.6 Å². The molecule has 0 radical (unpaired) electrons. The molecule has 0 saturated carbocycles. The van der Waals surface area contributed by atoms with Crippen molar-refractivity contribution in [2.24, 2.45) is 5.92 Å². The number of unbranched alkanes of at least 4 members (excludes halogenated alkanes) is 4. The summed E-state index contributed by atoms with van der Waals surface area (Å²) in [5.74, 6) is 0.0940. The van der Waals surface area contributed by atoms with Gasteiger partial charge in [-0.25, -0.2) is 0 Å². The summed E-state index contributed by atoms with van der Waals surface area (Å²) in [7, 11) is 3.07. The second-order valence-corrected chi connectivity index (χ2v) is 7.81. The van der Waals surface area contributed by atoms with Crippen molar-refractivity contribution in [2.45, 2.75) is 103 Å².